The summed E-state index contributed by atoms with van der Waals surface area (Å²) in [7, 11) is 1.60. The molecule has 15 nitrogen and oxygen atoms in total. The Morgan fingerprint density at radius 3 is 2.14 bits per heavy atom. The van der Waals surface area contributed by atoms with Crippen molar-refractivity contribution in [2.24, 2.45) is 22.9 Å². The van der Waals surface area contributed by atoms with Gasteiger partial charge in [-0.1, -0.05) is 0 Å². The molecule has 16 atom stereocenters. The molecule has 0 aromatic heterocycles. The number of hydrogen-bond acceptors (Lipinski definition) is 15. The molecular formula is C21H41N5O10. The van der Waals surface area contributed by atoms with Gasteiger partial charge in [-0.15, -0.1) is 0 Å². The van der Waals surface area contributed by atoms with Gasteiger partial charge in [0.05, 0.1) is 37.0 Å². The highest BCUT2D eigenvalue weighted by Gasteiger charge is 2.53. The van der Waals surface area contributed by atoms with E-state index in [9.17, 15) is 25.5 Å². The summed E-state index contributed by atoms with van der Waals surface area (Å²) < 4.78 is 29.5. The summed E-state index contributed by atoms with van der Waals surface area (Å²) in [6.45, 7) is -0.339. The second-order valence-corrected chi connectivity index (χ2v) is 10.2. The Kier molecular flexibility index (Phi) is 9.19. The van der Waals surface area contributed by atoms with E-state index >= 15 is 0 Å². The second-order valence-electron chi connectivity index (χ2n) is 10.2. The van der Waals surface area contributed by atoms with Crippen LogP contribution in [0, 0.1) is 0 Å². The van der Waals surface area contributed by atoms with Crippen LogP contribution in [0.5, 0.6) is 0 Å². The summed E-state index contributed by atoms with van der Waals surface area (Å²) in [6.07, 6.45) is -10.6. The van der Waals surface area contributed by atoms with Gasteiger partial charge in [-0.05, 0) is 26.3 Å². The molecule has 3 aliphatic heterocycles. The van der Waals surface area contributed by atoms with Crippen molar-refractivity contribution in [3.63, 3.8) is 0 Å². The van der Waals surface area contributed by atoms with Crippen LogP contribution in [0.2, 0.25) is 0 Å². The van der Waals surface area contributed by atoms with Crippen molar-refractivity contribution in [1.29, 1.82) is 0 Å². The van der Waals surface area contributed by atoms with Gasteiger partial charge in [-0.3, -0.25) is 0 Å². The van der Waals surface area contributed by atoms with Crippen LogP contribution in [0.1, 0.15) is 19.3 Å². The number of fused-ring (bicyclic) bond motifs is 1. The monoisotopic (exact) mass is 523 g/mol. The third kappa shape index (κ3) is 5.56. The van der Waals surface area contributed by atoms with Crippen molar-refractivity contribution in [2.45, 2.75) is 117 Å². The number of likely N-dealkylation sites (N-methyl/N-ethyl adjacent to an activating group) is 1. The number of ether oxygens (including phenoxy) is 5. The van der Waals surface area contributed by atoms with E-state index < -0.39 is 97.9 Å². The van der Waals surface area contributed by atoms with E-state index in [-0.39, 0.29) is 25.9 Å². The highest BCUT2D eigenvalue weighted by atomic mass is 16.8. The first-order valence-corrected chi connectivity index (χ1v) is 12.4. The smallest absolute Gasteiger partial charge is 0.187 e. The molecule has 3 heterocycles. The fourth-order valence-corrected chi connectivity index (χ4v) is 5.43. The summed E-state index contributed by atoms with van der Waals surface area (Å²) in [5.41, 5.74) is 24.1. The van der Waals surface area contributed by atoms with Crippen molar-refractivity contribution < 1.29 is 49.2 Å². The normalized spacial score (nSPS) is 54.2. The zero-order valence-corrected chi connectivity index (χ0v) is 20.2. The molecule has 210 valence electrons. The molecule has 0 spiro atoms. The molecule has 0 amide bonds. The van der Waals surface area contributed by atoms with E-state index in [2.05, 4.69) is 5.32 Å². The second kappa shape index (κ2) is 11.6. The Labute approximate surface area is 208 Å². The Morgan fingerprint density at radius 2 is 1.47 bits per heavy atom. The average Bonchev–Trinajstić information content (AvgIpc) is 2.83. The van der Waals surface area contributed by atoms with E-state index in [1.165, 1.54) is 0 Å². The van der Waals surface area contributed by atoms with Gasteiger partial charge in [0.15, 0.2) is 18.9 Å². The van der Waals surface area contributed by atoms with E-state index in [0.717, 1.165) is 0 Å². The summed E-state index contributed by atoms with van der Waals surface area (Å²) in [4.78, 5) is 0. The lowest BCUT2D eigenvalue weighted by Crippen LogP contribution is -2.69. The lowest BCUT2D eigenvalue weighted by atomic mass is 9.84. The van der Waals surface area contributed by atoms with Crippen molar-refractivity contribution in [3.8, 4) is 0 Å². The standard InChI is InChI=1S/C21H41N5O10/c1-26-13-15(30)18-11(32-21(13)36-20-10(28)3-6(22)12(5-27)33-20)4-9(25)19(35-18)34-17-8(24)2-7(23)14(29)16(17)31/h6-21,26-31H,2-5,22-25H2,1H3/t6-,7+,8?,9?,10?,11-,12?,13?,14?,15?,16+,17+,18?,19-,20+,21?/m0/s1. The molecule has 1 saturated carbocycles. The Hall–Kier alpha value is -0.600. The molecule has 4 rings (SSSR count). The van der Waals surface area contributed by atoms with Gasteiger partial charge in [-0.25, -0.2) is 0 Å². The van der Waals surface area contributed by atoms with Gasteiger partial charge in [0.25, 0.3) is 0 Å². The van der Waals surface area contributed by atoms with E-state index in [4.69, 9.17) is 46.6 Å². The third-order valence-corrected chi connectivity index (χ3v) is 7.60. The van der Waals surface area contributed by atoms with Crippen molar-refractivity contribution in [2.75, 3.05) is 13.7 Å². The predicted molar refractivity (Wildman–Crippen MR) is 122 cm³/mol. The summed E-state index contributed by atoms with van der Waals surface area (Å²) >= 11 is 0. The van der Waals surface area contributed by atoms with Crippen LogP contribution in [0.3, 0.4) is 0 Å². The summed E-state index contributed by atoms with van der Waals surface area (Å²) in [5.74, 6) is 0. The predicted octanol–water partition coefficient (Wildman–Crippen LogP) is -5.92. The van der Waals surface area contributed by atoms with E-state index in [1.54, 1.807) is 7.05 Å². The van der Waals surface area contributed by atoms with Gasteiger partial charge < -0.3 is 77.5 Å². The summed E-state index contributed by atoms with van der Waals surface area (Å²) in [6, 6.07) is -3.40. The molecule has 0 radical (unpaired) electrons. The van der Waals surface area contributed by atoms with Crippen LogP contribution in [0.15, 0.2) is 0 Å². The lowest BCUT2D eigenvalue weighted by Gasteiger charge is -2.51. The Bertz CT molecular complexity index is 727. The first-order chi connectivity index (χ1) is 17.0. The van der Waals surface area contributed by atoms with Gasteiger partial charge in [0, 0.05) is 18.1 Å². The maximum absolute atomic E-state index is 11.1. The first kappa shape index (κ1) is 28.4. The van der Waals surface area contributed by atoms with Crippen molar-refractivity contribution in [1.82, 2.24) is 5.32 Å². The average molecular weight is 524 g/mol. The zero-order valence-electron chi connectivity index (χ0n) is 20.2. The van der Waals surface area contributed by atoms with Crippen LogP contribution < -0.4 is 28.3 Å². The zero-order chi connectivity index (χ0) is 26.3. The van der Waals surface area contributed by atoms with Gasteiger partial charge in [0.1, 0.15) is 30.5 Å². The molecule has 0 aromatic rings. The highest BCUT2D eigenvalue weighted by Crippen LogP contribution is 2.35. The number of hydrogen-bond donors (Lipinski definition) is 10. The van der Waals surface area contributed by atoms with Crippen LogP contribution >= 0.6 is 0 Å². The van der Waals surface area contributed by atoms with Crippen LogP contribution in [-0.2, 0) is 23.7 Å². The molecule has 15 heteroatoms. The molecule has 36 heavy (non-hydrogen) atoms. The largest absolute Gasteiger partial charge is 0.394 e. The van der Waals surface area contributed by atoms with Crippen molar-refractivity contribution >= 4 is 0 Å². The minimum absolute atomic E-state index is 0.156. The maximum Gasteiger partial charge on any atom is 0.187 e. The molecule has 3 saturated heterocycles. The summed E-state index contributed by atoms with van der Waals surface area (Å²) in [5, 5.41) is 54.5. The van der Waals surface area contributed by atoms with Crippen LogP contribution in [0.4, 0.5) is 0 Å². The molecule has 0 bridgehead atoms. The number of aliphatic hydroxyl groups is 5. The molecule has 9 unspecified atom stereocenters. The molecular weight excluding hydrogens is 482 g/mol. The fraction of sp³-hybridized carbons (Fsp3) is 1.00. The van der Waals surface area contributed by atoms with Gasteiger partial charge in [-0.2, -0.15) is 0 Å². The van der Waals surface area contributed by atoms with Crippen LogP contribution in [0.25, 0.3) is 0 Å². The maximum atomic E-state index is 11.1. The number of nitrogens with two attached hydrogens (primary N) is 4. The molecule has 14 N–H and O–H groups in total. The van der Waals surface area contributed by atoms with E-state index in [1.807, 2.05) is 0 Å². The van der Waals surface area contributed by atoms with Crippen molar-refractivity contribution in [3.05, 3.63) is 0 Å². The van der Waals surface area contributed by atoms with Gasteiger partial charge >= 0.3 is 0 Å². The number of rotatable bonds is 6. The fourth-order valence-electron chi connectivity index (χ4n) is 5.43. The quantitative estimate of drug-likeness (QED) is 0.155. The molecule has 0 aromatic carbocycles. The SMILES string of the molecule is CNC1C(O[C@H]2OC(CO)[C@@H](N)CC2O)O[C@H]2CC(N)[C@@H](O[C@@H]3C(N)C[C@@H](N)C(O)[C@H]3O)OC2C1O. The Morgan fingerprint density at radius 1 is 0.750 bits per heavy atom. The third-order valence-electron chi connectivity index (χ3n) is 7.60. The number of nitrogens with one attached hydrogen (secondary N) is 1. The molecule has 4 fully saturated rings. The number of aliphatic hydroxyl groups excluding tert-OH is 5. The lowest BCUT2D eigenvalue weighted by molar-refractivity contribution is -0.367. The first-order valence-electron chi connectivity index (χ1n) is 12.4. The Balaban J connectivity index is 1.42. The minimum Gasteiger partial charge on any atom is -0.394 e. The molecule has 1 aliphatic carbocycles. The van der Waals surface area contributed by atoms with E-state index in [0.29, 0.717) is 0 Å². The minimum atomic E-state index is -1.33. The van der Waals surface area contributed by atoms with Gasteiger partial charge in [0.2, 0.25) is 0 Å². The highest BCUT2D eigenvalue weighted by molar-refractivity contribution is 5.01. The van der Waals surface area contributed by atoms with Crippen LogP contribution in [-0.4, -0.2) is 137 Å². The topological polar surface area (TPSA) is 263 Å². The molecule has 4 aliphatic rings.